The summed E-state index contributed by atoms with van der Waals surface area (Å²) in [6.45, 7) is 6.39. The Morgan fingerprint density at radius 2 is 2.46 bits per heavy atom. The number of oxime groups is 1. The molecule has 2 unspecified atom stereocenters. The standard InChI is InChI=1S/C9H17NO3/c1-8(7-12-10-2)13-9-5-3-4-6-11-9/h8-9H,2-7H2,1H3. The molecule has 2 atom stereocenters. The summed E-state index contributed by atoms with van der Waals surface area (Å²) in [4.78, 5) is 4.77. The van der Waals surface area contributed by atoms with Gasteiger partial charge in [0.15, 0.2) is 6.29 Å². The van der Waals surface area contributed by atoms with Crippen molar-refractivity contribution in [3.05, 3.63) is 0 Å². The molecule has 0 amide bonds. The maximum Gasteiger partial charge on any atom is 0.158 e. The second-order valence-electron chi connectivity index (χ2n) is 3.17. The fourth-order valence-electron chi connectivity index (χ4n) is 1.27. The third kappa shape index (κ3) is 4.24. The molecule has 1 fully saturated rings. The summed E-state index contributed by atoms with van der Waals surface area (Å²) in [5.41, 5.74) is 0. The first kappa shape index (κ1) is 10.5. The van der Waals surface area contributed by atoms with Crippen molar-refractivity contribution in [3.8, 4) is 0 Å². The molecule has 0 N–H and O–H groups in total. The highest BCUT2D eigenvalue weighted by molar-refractivity contribution is 5.21. The molecule has 76 valence electrons. The average Bonchev–Trinajstić information content (AvgIpc) is 2.16. The lowest BCUT2D eigenvalue weighted by Crippen LogP contribution is -2.28. The van der Waals surface area contributed by atoms with Crippen LogP contribution in [-0.2, 0) is 14.3 Å². The molecule has 0 aromatic carbocycles. The van der Waals surface area contributed by atoms with Crippen LogP contribution in [0.3, 0.4) is 0 Å². The van der Waals surface area contributed by atoms with E-state index in [1.54, 1.807) is 0 Å². The number of ether oxygens (including phenoxy) is 2. The Balaban J connectivity index is 2.10. The molecule has 1 saturated heterocycles. The second kappa shape index (κ2) is 5.94. The Hall–Kier alpha value is -0.610. The van der Waals surface area contributed by atoms with Gasteiger partial charge in [0.25, 0.3) is 0 Å². The highest BCUT2D eigenvalue weighted by Gasteiger charge is 2.17. The van der Waals surface area contributed by atoms with Crippen LogP contribution in [0.4, 0.5) is 0 Å². The van der Waals surface area contributed by atoms with Gasteiger partial charge in [-0.2, -0.15) is 0 Å². The molecule has 1 aliphatic rings. The van der Waals surface area contributed by atoms with Crippen molar-refractivity contribution in [2.75, 3.05) is 13.2 Å². The topological polar surface area (TPSA) is 40.0 Å². The zero-order valence-corrected chi connectivity index (χ0v) is 8.07. The predicted octanol–water partition coefficient (Wildman–Crippen LogP) is 1.55. The quantitative estimate of drug-likeness (QED) is 0.484. The molecule has 0 aliphatic carbocycles. The summed E-state index contributed by atoms with van der Waals surface area (Å²) in [6, 6.07) is 0. The highest BCUT2D eigenvalue weighted by atomic mass is 16.7. The van der Waals surface area contributed by atoms with Crippen LogP contribution in [0.2, 0.25) is 0 Å². The van der Waals surface area contributed by atoms with Crippen LogP contribution < -0.4 is 0 Å². The lowest BCUT2D eigenvalue weighted by molar-refractivity contribution is -0.193. The Labute approximate surface area is 78.8 Å². The van der Waals surface area contributed by atoms with E-state index in [0.29, 0.717) is 6.61 Å². The van der Waals surface area contributed by atoms with Gasteiger partial charge in [-0.25, -0.2) is 0 Å². The van der Waals surface area contributed by atoms with E-state index in [4.69, 9.17) is 14.3 Å². The SMILES string of the molecule is C=NOCC(C)OC1CCCCO1. The van der Waals surface area contributed by atoms with Crippen LogP contribution in [-0.4, -0.2) is 32.3 Å². The zero-order chi connectivity index (χ0) is 9.52. The second-order valence-corrected chi connectivity index (χ2v) is 3.17. The fourth-order valence-corrected chi connectivity index (χ4v) is 1.27. The van der Waals surface area contributed by atoms with Crippen LogP contribution in [0.15, 0.2) is 5.16 Å². The van der Waals surface area contributed by atoms with Crippen LogP contribution in [0.25, 0.3) is 0 Å². The van der Waals surface area contributed by atoms with Gasteiger partial charge in [-0.05, 0) is 26.2 Å². The van der Waals surface area contributed by atoms with Crippen molar-refractivity contribution < 1.29 is 14.3 Å². The number of rotatable bonds is 5. The normalized spacial score (nSPS) is 25.2. The first-order valence-electron chi connectivity index (χ1n) is 4.68. The van der Waals surface area contributed by atoms with E-state index in [9.17, 15) is 0 Å². The van der Waals surface area contributed by atoms with E-state index < -0.39 is 0 Å². The lowest BCUT2D eigenvalue weighted by Gasteiger charge is -2.25. The molecular formula is C9H17NO3. The molecule has 0 aromatic heterocycles. The molecule has 1 rings (SSSR count). The molecule has 1 heterocycles. The maximum absolute atomic E-state index is 5.56. The summed E-state index contributed by atoms with van der Waals surface area (Å²) >= 11 is 0. The van der Waals surface area contributed by atoms with Gasteiger partial charge in [0.2, 0.25) is 0 Å². The van der Waals surface area contributed by atoms with Crippen molar-refractivity contribution in [3.63, 3.8) is 0 Å². The monoisotopic (exact) mass is 187 g/mol. The van der Waals surface area contributed by atoms with Gasteiger partial charge < -0.3 is 14.3 Å². The molecular weight excluding hydrogens is 170 g/mol. The Morgan fingerprint density at radius 3 is 3.08 bits per heavy atom. The van der Waals surface area contributed by atoms with Gasteiger partial charge in [0.05, 0.1) is 6.10 Å². The third-order valence-electron chi connectivity index (χ3n) is 1.92. The molecule has 1 aliphatic heterocycles. The summed E-state index contributed by atoms with van der Waals surface area (Å²) in [7, 11) is 0. The molecule has 4 nitrogen and oxygen atoms in total. The summed E-state index contributed by atoms with van der Waals surface area (Å²) in [5, 5.41) is 3.30. The third-order valence-corrected chi connectivity index (χ3v) is 1.92. The van der Waals surface area contributed by atoms with Crippen molar-refractivity contribution in [2.24, 2.45) is 5.16 Å². The highest BCUT2D eigenvalue weighted by Crippen LogP contribution is 2.15. The van der Waals surface area contributed by atoms with E-state index in [1.165, 1.54) is 6.42 Å². The minimum Gasteiger partial charge on any atom is -0.394 e. The fraction of sp³-hybridized carbons (Fsp3) is 0.889. The van der Waals surface area contributed by atoms with Crippen molar-refractivity contribution >= 4 is 6.72 Å². The summed E-state index contributed by atoms with van der Waals surface area (Å²) in [6.07, 6.45) is 3.24. The van der Waals surface area contributed by atoms with E-state index in [-0.39, 0.29) is 12.4 Å². The number of hydrogen-bond acceptors (Lipinski definition) is 4. The van der Waals surface area contributed by atoms with Gasteiger partial charge in [0, 0.05) is 13.3 Å². The summed E-state index contributed by atoms with van der Waals surface area (Å²) in [5.74, 6) is 0. The first-order chi connectivity index (χ1) is 6.33. The smallest absolute Gasteiger partial charge is 0.158 e. The first-order valence-corrected chi connectivity index (χ1v) is 4.68. The molecule has 0 radical (unpaired) electrons. The Morgan fingerprint density at radius 1 is 1.62 bits per heavy atom. The lowest BCUT2D eigenvalue weighted by atomic mass is 10.2. The molecule has 13 heavy (non-hydrogen) atoms. The van der Waals surface area contributed by atoms with E-state index in [1.807, 2.05) is 6.92 Å². The summed E-state index contributed by atoms with van der Waals surface area (Å²) < 4.78 is 11.0. The maximum atomic E-state index is 5.56. The largest absolute Gasteiger partial charge is 0.394 e. The minimum atomic E-state index is -0.0582. The molecule has 0 spiro atoms. The van der Waals surface area contributed by atoms with Crippen molar-refractivity contribution in [2.45, 2.75) is 38.6 Å². The van der Waals surface area contributed by atoms with Gasteiger partial charge in [-0.15, -0.1) is 5.16 Å². The molecule has 0 bridgehead atoms. The van der Waals surface area contributed by atoms with Gasteiger partial charge >= 0.3 is 0 Å². The van der Waals surface area contributed by atoms with E-state index in [0.717, 1.165) is 19.4 Å². The van der Waals surface area contributed by atoms with E-state index >= 15 is 0 Å². The van der Waals surface area contributed by atoms with E-state index in [2.05, 4.69) is 11.9 Å². The molecule has 0 saturated carbocycles. The zero-order valence-electron chi connectivity index (χ0n) is 8.07. The van der Waals surface area contributed by atoms with Gasteiger partial charge in [-0.3, -0.25) is 0 Å². The number of nitrogens with zero attached hydrogens (tertiary/aromatic N) is 1. The number of hydrogen-bond donors (Lipinski definition) is 0. The van der Waals surface area contributed by atoms with Crippen LogP contribution in [0, 0.1) is 0 Å². The predicted molar refractivity (Wildman–Crippen MR) is 49.6 cm³/mol. The van der Waals surface area contributed by atoms with Gasteiger partial charge in [0.1, 0.15) is 6.61 Å². The van der Waals surface area contributed by atoms with Crippen molar-refractivity contribution in [1.29, 1.82) is 0 Å². The van der Waals surface area contributed by atoms with Crippen LogP contribution >= 0.6 is 0 Å². The van der Waals surface area contributed by atoms with Gasteiger partial charge in [-0.1, -0.05) is 0 Å². The Kier molecular flexibility index (Phi) is 4.78. The molecule has 0 aromatic rings. The van der Waals surface area contributed by atoms with Crippen LogP contribution in [0.1, 0.15) is 26.2 Å². The minimum absolute atomic E-state index is 0.00796. The Bertz CT molecular complexity index is 146. The van der Waals surface area contributed by atoms with Crippen molar-refractivity contribution in [1.82, 2.24) is 0 Å². The van der Waals surface area contributed by atoms with Crippen LogP contribution in [0.5, 0.6) is 0 Å². The molecule has 4 heteroatoms. The average molecular weight is 187 g/mol.